The molecule has 0 aliphatic rings. The number of aryl methyl sites for hydroxylation is 1. The zero-order valence-electron chi connectivity index (χ0n) is 12.1. The maximum atomic E-state index is 12.5. The smallest absolute Gasteiger partial charge is 0.263 e. The summed E-state index contributed by atoms with van der Waals surface area (Å²) in [5, 5.41) is 3.38. The predicted molar refractivity (Wildman–Crippen MR) is 94.9 cm³/mol. The van der Waals surface area contributed by atoms with Gasteiger partial charge in [-0.2, -0.15) is 0 Å². The van der Waals surface area contributed by atoms with Gasteiger partial charge in [-0.1, -0.05) is 48.2 Å². The molecule has 0 saturated carbocycles. The van der Waals surface area contributed by atoms with E-state index < -0.39 is 0 Å². The Balaban J connectivity index is 1.84. The highest BCUT2D eigenvalue weighted by Crippen LogP contribution is 2.22. The molecule has 0 bridgehead atoms. The van der Waals surface area contributed by atoms with Crippen molar-refractivity contribution in [3.8, 4) is 0 Å². The molecule has 3 aromatic rings. The number of rotatable bonds is 6. The lowest BCUT2D eigenvalue weighted by atomic mass is 10.2. The summed E-state index contributed by atoms with van der Waals surface area (Å²) in [6.45, 7) is 4.23. The van der Waals surface area contributed by atoms with Gasteiger partial charge in [-0.05, 0) is 23.4 Å². The van der Waals surface area contributed by atoms with Crippen LogP contribution in [0.4, 0.5) is 0 Å². The molecule has 1 aromatic carbocycles. The van der Waals surface area contributed by atoms with Crippen LogP contribution in [-0.4, -0.2) is 15.3 Å². The summed E-state index contributed by atoms with van der Waals surface area (Å²) < 4.78 is 1.71. The Kier molecular flexibility index (Phi) is 4.75. The van der Waals surface area contributed by atoms with Gasteiger partial charge in [-0.15, -0.1) is 17.9 Å². The quantitative estimate of drug-likeness (QED) is 0.390. The number of allylic oxidation sites excluding steroid dienone is 1. The predicted octanol–water partition coefficient (Wildman–Crippen LogP) is 3.98. The third-order valence-corrected chi connectivity index (χ3v) is 5.11. The van der Waals surface area contributed by atoms with E-state index in [1.165, 1.54) is 16.9 Å². The van der Waals surface area contributed by atoms with E-state index in [1.54, 1.807) is 22.4 Å². The first kappa shape index (κ1) is 15.1. The van der Waals surface area contributed by atoms with Gasteiger partial charge < -0.3 is 0 Å². The van der Waals surface area contributed by atoms with E-state index in [0.29, 0.717) is 11.9 Å². The molecule has 0 unspecified atom stereocenters. The van der Waals surface area contributed by atoms with Crippen LogP contribution >= 0.6 is 23.1 Å². The van der Waals surface area contributed by atoms with Gasteiger partial charge in [-0.3, -0.25) is 9.36 Å². The van der Waals surface area contributed by atoms with Crippen molar-refractivity contribution in [3.63, 3.8) is 0 Å². The van der Waals surface area contributed by atoms with E-state index in [1.807, 2.05) is 29.6 Å². The largest absolute Gasteiger partial charge is 0.283 e. The Morgan fingerprint density at radius 1 is 1.27 bits per heavy atom. The molecule has 0 saturated heterocycles. The van der Waals surface area contributed by atoms with Crippen LogP contribution in [0.5, 0.6) is 0 Å². The molecule has 22 heavy (non-hydrogen) atoms. The second kappa shape index (κ2) is 6.94. The molecule has 0 radical (unpaired) electrons. The van der Waals surface area contributed by atoms with Crippen LogP contribution in [0.1, 0.15) is 5.56 Å². The minimum absolute atomic E-state index is 0.0216. The molecule has 0 fully saturated rings. The van der Waals surface area contributed by atoms with Crippen LogP contribution in [-0.2, 0) is 13.0 Å². The van der Waals surface area contributed by atoms with Crippen molar-refractivity contribution in [1.29, 1.82) is 0 Å². The van der Waals surface area contributed by atoms with Gasteiger partial charge in [0.25, 0.3) is 5.56 Å². The van der Waals surface area contributed by atoms with E-state index >= 15 is 0 Å². The number of hydrogen-bond donors (Lipinski definition) is 0. The van der Waals surface area contributed by atoms with Gasteiger partial charge in [-0.25, -0.2) is 4.98 Å². The molecule has 0 aliphatic carbocycles. The van der Waals surface area contributed by atoms with Crippen molar-refractivity contribution in [1.82, 2.24) is 9.55 Å². The van der Waals surface area contributed by atoms with Crippen LogP contribution in [0.15, 0.2) is 64.4 Å². The number of aromatic nitrogens is 2. The lowest BCUT2D eigenvalue weighted by Crippen LogP contribution is -2.22. The highest BCUT2D eigenvalue weighted by Gasteiger charge is 2.11. The van der Waals surface area contributed by atoms with Crippen molar-refractivity contribution in [2.24, 2.45) is 0 Å². The lowest BCUT2D eigenvalue weighted by molar-refractivity contribution is 0.673. The molecule has 3 nitrogen and oxygen atoms in total. The van der Waals surface area contributed by atoms with Crippen LogP contribution in [0.3, 0.4) is 0 Å². The summed E-state index contributed by atoms with van der Waals surface area (Å²) in [6.07, 6.45) is 2.69. The van der Waals surface area contributed by atoms with Crippen LogP contribution in [0.25, 0.3) is 10.2 Å². The number of benzene rings is 1. The number of nitrogens with zero attached hydrogens (tertiary/aromatic N) is 2. The van der Waals surface area contributed by atoms with Gasteiger partial charge in [0.2, 0.25) is 0 Å². The zero-order chi connectivity index (χ0) is 15.4. The first-order chi connectivity index (χ1) is 10.8. The molecule has 3 rings (SSSR count). The summed E-state index contributed by atoms with van der Waals surface area (Å²) in [5.74, 6) is 0.893. The fraction of sp³-hybridized carbons (Fsp3) is 0.176. The maximum absolute atomic E-state index is 12.5. The molecule has 2 aromatic heterocycles. The molecular formula is C17H16N2OS2. The van der Waals surface area contributed by atoms with E-state index in [2.05, 4.69) is 23.7 Å². The molecule has 0 spiro atoms. The average molecular weight is 328 g/mol. The van der Waals surface area contributed by atoms with Crippen LogP contribution in [0, 0.1) is 0 Å². The van der Waals surface area contributed by atoms with Crippen LogP contribution < -0.4 is 5.56 Å². The number of thioether (sulfide) groups is 1. The molecule has 0 N–H and O–H groups in total. The topological polar surface area (TPSA) is 34.9 Å². The minimum atomic E-state index is 0.0216. The molecule has 5 heteroatoms. The summed E-state index contributed by atoms with van der Waals surface area (Å²) >= 11 is 3.13. The van der Waals surface area contributed by atoms with Gasteiger partial charge >= 0.3 is 0 Å². The standard InChI is InChI=1S/C17H16N2OS2/c1-2-10-19-16(20)14-9-12-21-15(14)18-17(19)22-11-8-13-6-4-3-5-7-13/h2-7,9,12H,1,8,10-11H2. The number of thiophene rings is 1. The Morgan fingerprint density at radius 3 is 2.86 bits per heavy atom. The molecule has 0 aliphatic heterocycles. The van der Waals surface area contributed by atoms with Gasteiger partial charge in [0.15, 0.2) is 5.16 Å². The zero-order valence-corrected chi connectivity index (χ0v) is 13.7. The van der Waals surface area contributed by atoms with Crippen LogP contribution in [0.2, 0.25) is 0 Å². The second-order valence-electron chi connectivity index (χ2n) is 4.82. The molecule has 0 amide bonds. The van der Waals surface area contributed by atoms with E-state index in [0.717, 1.165) is 22.2 Å². The average Bonchev–Trinajstić information content (AvgIpc) is 3.01. The summed E-state index contributed by atoms with van der Waals surface area (Å²) in [4.78, 5) is 18.0. The van der Waals surface area contributed by atoms with Gasteiger partial charge in [0.1, 0.15) is 4.83 Å². The van der Waals surface area contributed by atoms with Crippen molar-refractivity contribution >= 4 is 33.3 Å². The van der Waals surface area contributed by atoms with E-state index in [4.69, 9.17) is 0 Å². The van der Waals surface area contributed by atoms with Gasteiger partial charge in [0, 0.05) is 12.3 Å². The Hall–Kier alpha value is -1.85. The SMILES string of the molecule is C=CCn1c(SCCc2ccccc2)nc2sccc2c1=O. The summed E-state index contributed by atoms with van der Waals surface area (Å²) in [6, 6.07) is 12.2. The van der Waals surface area contributed by atoms with Crippen molar-refractivity contribution in [2.45, 2.75) is 18.1 Å². The van der Waals surface area contributed by atoms with Crippen molar-refractivity contribution in [2.75, 3.05) is 5.75 Å². The summed E-state index contributed by atoms with van der Waals surface area (Å²) in [7, 11) is 0. The third-order valence-electron chi connectivity index (χ3n) is 3.32. The molecule has 2 heterocycles. The van der Waals surface area contributed by atoms with Crippen molar-refractivity contribution < 1.29 is 0 Å². The lowest BCUT2D eigenvalue weighted by Gasteiger charge is -2.09. The first-order valence-corrected chi connectivity index (χ1v) is 8.92. The Bertz CT molecular complexity index is 837. The summed E-state index contributed by atoms with van der Waals surface area (Å²) in [5.41, 5.74) is 1.32. The molecule has 112 valence electrons. The first-order valence-electron chi connectivity index (χ1n) is 7.05. The fourth-order valence-corrected chi connectivity index (χ4v) is 4.04. The van der Waals surface area contributed by atoms with E-state index in [-0.39, 0.29) is 5.56 Å². The Morgan fingerprint density at radius 2 is 2.09 bits per heavy atom. The van der Waals surface area contributed by atoms with E-state index in [9.17, 15) is 4.79 Å². The normalized spacial score (nSPS) is 10.9. The number of fused-ring (bicyclic) bond motifs is 1. The monoisotopic (exact) mass is 328 g/mol. The highest BCUT2D eigenvalue weighted by atomic mass is 32.2. The highest BCUT2D eigenvalue weighted by molar-refractivity contribution is 7.99. The maximum Gasteiger partial charge on any atom is 0.263 e. The van der Waals surface area contributed by atoms with Crippen molar-refractivity contribution in [3.05, 3.63) is 70.4 Å². The number of hydrogen-bond acceptors (Lipinski definition) is 4. The second-order valence-corrected chi connectivity index (χ2v) is 6.78. The van der Waals surface area contributed by atoms with Gasteiger partial charge in [0.05, 0.1) is 5.39 Å². The molecule has 0 atom stereocenters. The molecular weight excluding hydrogens is 312 g/mol. The Labute approximate surface area is 137 Å². The third kappa shape index (κ3) is 3.15. The minimum Gasteiger partial charge on any atom is -0.283 e. The fourth-order valence-electron chi connectivity index (χ4n) is 2.24.